The Bertz CT molecular complexity index is 283. The molecule has 0 saturated carbocycles. The Kier molecular flexibility index (Phi) is 7.34. The van der Waals surface area contributed by atoms with Gasteiger partial charge in [0.1, 0.15) is 0 Å². The third-order valence-electron chi connectivity index (χ3n) is 2.60. The normalized spacial score (nSPS) is 19.3. The topological polar surface area (TPSA) is 69.6 Å². The molecule has 1 saturated heterocycles. The maximum absolute atomic E-state index is 11.7. The van der Waals surface area contributed by atoms with E-state index in [1.54, 1.807) is 11.9 Å². The van der Waals surface area contributed by atoms with Crippen LogP contribution in [0.25, 0.3) is 0 Å². The molecule has 0 aromatic carbocycles. The van der Waals surface area contributed by atoms with Crippen LogP contribution in [0.15, 0.2) is 0 Å². The second kappa shape index (κ2) is 8.53. The predicted octanol–water partition coefficient (Wildman–Crippen LogP) is 1.34. The first kappa shape index (κ1) is 15.5. The fourth-order valence-electron chi connectivity index (χ4n) is 1.56. The molecule has 2 amide bonds. The van der Waals surface area contributed by atoms with Crippen LogP contribution in [0.1, 0.15) is 12.8 Å². The van der Waals surface area contributed by atoms with Crippen LogP contribution >= 0.6 is 23.5 Å². The summed E-state index contributed by atoms with van der Waals surface area (Å²) in [5, 5.41) is 11.9. The number of thioether (sulfide) groups is 2. The molecule has 0 spiro atoms. The number of carbonyl (C=O) groups excluding carboxylic acids is 1. The highest BCUT2D eigenvalue weighted by Gasteiger charge is 2.16. The molecule has 7 heteroatoms. The number of nitrogens with zero attached hydrogens (tertiary/aromatic N) is 1. The van der Waals surface area contributed by atoms with E-state index in [-0.39, 0.29) is 12.5 Å². The molecule has 0 aromatic heterocycles. The first-order valence-corrected chi connectivity index (χ1v) is 8.20. The molecule has 1 aliphatic rings. The van der Waals surface area contributed by atoms with Gasteiger partial charge in [0.15, 0.2) is 0 Å². The highest BCUT2D eigenvalue weighted by atomic mass is 32.2. The highest BCUT2D eigenvalue weighted by Crippen LogP contribution is 2.23. The van der Waals surface area contributed by atoms with Crippen molar-refractivity contribution in [2.24, 2.45) is 0 Å². The molecule has 18 heavy (non-hydrogen) atoms. The van der Waals surface area contributed by atoms with E-state index in [4.69, 9.17) is 5.11 Å². The molecule has 0 aliphatic carbocycles. The van der Waals surface area contributed by atoms with Crippen LogP contribution in [0.4, 0.5) is 4.79 Å². The first-order chi connectivity index (χ1) is 8.59. The average Bonchev–Trinajstić information content (AvgIpc) is 2.36. The quantitative estimate of drug-likeness (QED) is 0.773. The van der Waals surface area contributed by atoms with E-state index in [0.29, 0.717) is 24.8 Å². The number of carboxylic acids is 1. The van der Waals surface area contributed by atoms with E-state index < -0.39 is 5.97 Å². The molecule has 0 aromatic rings. The van der Waals surface area contributed by atoms with E-state index in [2.05, 4.69) is 5.32 Å². The number of carboxylic acid groups (broad SMARTS) is 1. The zero-order chi connectivity index (χ0) is 13.4. The second-order valence-electron chi connectivity index (χ2n) is 4.17. The minimum atomic E-state index is -0.820. The van der Waals surface area contributed by atoms with E-state index in [1.165, 1.54) is 5.75 Å². The molecule has 0 radical (unpaired) electrons. The van der Waals surface area contributed by atoms with E-state index in [0.717, 1.165) is 11.5 Å². The minimum absolute atomic E-state index is 0.104. The van der Waals surface area contributed by atoms with Gasteiger partial charge in [0.25, 0.3) is 0 Å². The van der Waals surface area contributed by atoms with Crippen LogP contribution in [-0.2, 0) is 4.79 Å². The molecule has 5 nitrogen and oxygen atoms in total. The summed E-state index contributed by atoms with van der Waals surface area (Å²) in [5.41, 5.74) is 0. The Morgan fingerprint density at radius 3 is 2.83 bits per heavy atom. The monoisotopic (exact) mass is 292 g/mol. The molecule has 2 N–H and O–H groups in total. The van der Waals surface area contributed by atoms with Crippen molar-refractivity contribution in [3.8, 4) is 0 Å². The van der Waals surface area contributed by atoms with Crippen molar-refractivity contribution >= 4 is 35.5 Å². The van der Waals surface area contributed by atoms with Gasteiger partial charge in [0.2, 0.25) is 0 Å². The smallest absolute Gasteiger partial charge is 0.317 e. The standard InChI is InChI=1S/C11H20N2O3S2/c1-13(4-2-3-10(14)15)11(16)12-7-9-8-17-5-6-18-9/h9H,2-8H2,1H3,(H,12,16)(H,14,15). The number of rotatable bonds is 6. The molecule has 1 heterocycles. The van der Waals surface area contributed by atoms with Crippen molar-refractivity contribution in [1.29, 1.82) is 0 Å². The lowest BCUT2D eigenvalue weighted by atomic mass is 10.3. The van der Waals surface area contributed by atoms with Crippen LogP contribution in [-0.4, -0.2) is 64.7 Å². The van der Waals surface area contributed by atoms with Gasteiger partial charge in [-0.1, -0.05) is 0 Å². The zero-order valence-corrected chi connectivity index (χ0v) is 12.2. The molecule has 1 unspecified atom stereocenters. The van der Waals surface area contributed by atoms with Gasteiger partial charge in [-0.3, -0.25) is 4.79 Å². The summed E-state index contributed by atoms with van der Waals surface area (Å²) in [6.07, 6.45) is 0.597. The summed E-state index contributed by atoms with van der Waals surface area (Å²) < 4.78 is 0. The Morgan fingerprint density at radius 2 is 2.22 bits per heavy atom. The fourth-order valence-corrected chi connectivity index (χ4v) is 4.17. The lowest BCUT2D eigenvalue weighted by Crippen LogP contribution is -2.41. The molecule has 1 rings (SSSR count). The Labute approximate surface area is 116 Å². The number of hydrogen-bond donors (Lipinski definition) is 2. The van der Waals surface area contributed by atoms with Crippen molar-refractivity contribution < 1.29 is 14.7 Å². The summed E-state index contributed by atoms with van der Waals surface area (Å²) in [6, 6.07) is -0.114. The minimum Gasteiger partial charge on any atom is -0.481 e. The van der Waals surface area contributed by atoms with Crippen molar-refractivity contribution in [3.05, 3.63) is 0 Å². The van der Waals surface area contributed by atoms with Crippen molar-refractivity contribution in [1.82, 2.24) is 10.2 Å². The Morgan fingerprint density at radius 1 is 1.44 bits per heavy atom. The van der Waals surface area contributed by atoms with Gasteiger partial charge in [0.05, 0.1) is 0 Å². The van der Waals surface area contributed by atoms with Crippen LogP contribution < -0.4 is 5.32 Å². The Hall–Kier alpha value is -0.560. The molecule has 1 fully saturated rings. The van der Waals surface area contributed by atoms with Crippen molar-refractivity contribution in [3.63, 3.8) is 0 Å². The molecule has 0 bridgehead atoms. The van der Waals surface area contributed by atoms with Crippen molar-refractivity contribution in [2.75, 3.05) is 37.4 Å². The summed E-state index contributed by atoms with van der Waals surface area (Å²) >= 11 is 3.84. The van der Waals surface area contributed by atoms with Crippen LogP contribution in [0.3, 0.4) is 0 Å². The fraction of sp³-hybridized carbons (Fsp3) is 0.818. The zero-order valence-electron chi connectivity index (χ0n) is 10.6. The largest absolute Gasteiger partial charge is 0.481 e. The van der Waals surface area contributed by atoms with Crippen LogP contribution in [0, 0.1) is 0 Å². The van der Waals surface area contributed by atoms with Gasteiger partial charge in [-0.2, -0.15) is 23.5 Å². The van der Waals surface area contributed by atoms with Crippen LogP contribution in [0.2, 0.25) is 0 Å². The van der Waals surface area contributed by atoms with Gasteiger partial charge in [-0.15, -0.1) is 0 Å². The van der Waals surface area contributed by atoms with Gasteiger partial charge >= 0.3 is 12.0 Å². The predicted molar refractivity (Wildman–Crippen MR) is 76.5 cm³/mol. The number of nitrogens with one attached hydrogen (secondary N) is 1. The lowest BCUT2D eigenvalue weighted by Gasteiger charge is -2.23. The van der Waals surface area contributed by atoms with E-state index >= 15 is 0 Å². The molecule has 104 valence electrons. The van der Waals surface area contributed by atoms with E-state index in [9.17, 15) is 9.59 Å². The molecular formula is C11H20N2O3S2. The summed E-state index contributed by atoms with van der Waals surface area (Å²) in [4.78, 5) is 23.6. The Balaban J connectivity index is 2.12. The number of aliphatic carboxylic acids is 1. The van der Waals surface area contributed by atoms with Gasteiger partial charge in [0, 0.05) is 49.1 Å². The molecule has 1 atom stereocenters. The maximum atomic E-state index is 11.7. The molecule has 1 aliphatic heterocycles. The first-order valence-electron chi connectivity index (χ1n) is 5.99. The number of carbonyl (C=O) groups is 2. The SMILES string of the molecule is CN(CCCC(=O)O)C(=O)NCC1CSCCS1. The van der Waals surface area contributed by atoms with Gasteiger partial charge in [-0.05, 0) is 6.42 Å². The summed E-state index contributed by atoms with van der Waals surface area (Å²) in [5.74, 6) is 2.62. The highest BCUT2D eigenvalue weighted by molar-refractivity contribution is 8.06. The molecular weight excluding hydrogens is 272 g/mol. The summed E-state index contributed by atoms with van der Waals surface area (Å²) in [7, 11) is 1.69. The average molecular weight is 292 g/mol. The number of hydrogen-bond acceptors (Lipinski definition) is 4. The third-order valence-corrected chi connectivity index (χ3v) is 5.44. The van der Waals surface area contributed by atoms with Gasteiger partial charge < -0.3 is 15.3 Å². The van der Waals surface area contributed by atoms with Crippen LogP contribution in [0.5, 0.6) is 0 Å². The second-order valence-corrected chi connectivity index (χ2v) is 6.73. The third kappa shape index (κ3) is 6.39. The van der Waals surface area contributed by atoms with Crippen molar-refractivity contribution in [2.45, 2.75) is 18.1 Å². The maximum Gasteiger partial charge on any atom is 0.317 e. The summed E-state index contributed by atoms with van der Waals surface area (Å²) in [6.45, 7) is 1.17. The van der Waals surface area contributed by atoms with E-state index in [1.807, 2.05) is 23.5 Å². The number of amides is 2. The lowest BCUT2D eigenvalue weighted by molar-refractivity contribution is -0.137. The van der Waals surface area contributed by atoms with Gasteiger partial charge in [-0.25, -0.2) is 4.79 Å². The number of urea groups is 1.